The standard InChI is InChI=1S/C20H31N3O2/c1-14(2)18-13-23(11-5-10-22(18)12-16-7-8-16)20(25)17-9-6-15(3)21(4)19(17)24/h6,9,14,16,18H,5,7-8,10-13H2,1-4H3/t18-/m1/s1. The minimum atomic E-state index is -0.190. The van der Waals surface area contributed by atoms with Crippen LogP contribution in [0.3, 0.4) is 0 Å². The topological polar surface area (TPSA) is 45.6 Å². The van der Waals surface area contributed by atoms with Crippen LogP contribution in [-0.2, 0) is 7.05 Å². The number of nitrogens with zero attached hydrogens (tertiary/aromatic N) is 3. The lowest BCUT2D eigenvalue weighted by Crippen LogP contribution is -2.47. The predicted octanol–water partition coefficient (Wildman–Crippen LogP) is 2.28. The Hall–Kier alpha value is -1.62. The third kappa shape index (κ3) is 3.97. The Morgan fingerprint density at radius 2 is 1.96 bits per heavy atom. The molecule has 0 radical (unpaired) electrons. The van der Waals surface area contributed by atoms with Gasteiger partial charge >= 0.3 is 0 Å². The summed E-state index contributed by atoms with van der Waals surface area (Å²) in [6, 6.07) is 3.92. The Balaban J connectivity index is 1.80. The van der Waals surface area contributed by atoms with Gasteiger partial charge in [0.2, 0.25) is 0 Å². The van der Waals surface area contributed by atoms with E-state index in [0.717, 1.165) is 44.2 Å². The third-order valence-electron chi connectivity index (χ3n) is 5.78. The molecule has 2 aliphatic rings. The van der Waals surface area contributed by atoms with E-state index in [0.29, 0.717) is 17.5 Å². The second-order valence-electron chi connectivity index (χ2n) is 8.11. The van der Waals surface area contributed by atoms with Gasteiger partial charge in [-0.3, -0.25) is 14.5 Å². The normalized spacial score (nSPS) is 22.3. The van der Waals surface area contributed by atoms with E-state index < -0.39 is 0 Å². The molecule has 2 heterocycles. The smallest absolute Gasteiger partial charge is 0.263 e. The summed E-state index contributed by atoms with van der Waals surface area (Å²) in [5.41, 5.74) is 0.976. The van der Waals surface area contributed by atoms with Crippen LogP contribution < -0.4 is 5.56 Å². The van der Waals surface area contributed by atoms with Crippen LogP contribution in [-0.4, -0.2) is 52.5 Å². The molecule has 1 atom stereocenters. The Morgan fingerprint density at radius 3 is 2.60 bits per heavy atom. The van der Waals surface area contributed by atoms with E-state index in [1.54, 1.807) is 17.7 Å². The molecule has 1 aromatic rings. The van der Waals surface area contributed by atoms with Gasteiger partial charge in [-0.05, 0) is 50.2 Å². The fourth-order valence-corrected chi connectivity index (χ4v) is 3.80. The van der Waals surface area contributed by atoms with Gasteiger partial charge in [-0.1, -0.05) is 13.8 Å². The molecule has 0 N–H and O–H groups in total. The molecule has 3 rings (SSSR count). The Kier molecular flexibility index (Phi) is 5.32. The molecule has 1 amide bonds. The van der Waals surface area contributed by atoms with Crippen molar-refractivity contribution in [3.63, 3.8) is 0 Å². The first-order valence-corrected chi connectivity index (χ1v) is 9.58. The van der Waals surface area contributed by atoms with Gasteiger partial charge in [-0.2, -0.15) is 0 Å². The average molecular weight is 345 g/mol. The van der Waals surface area contributed by atoms with Crippen molar-refractivity contribution in [1.82, 2.24) is 14.4 Å². The number of hydrogen-bond acceptors (Lipinski definition) is 3. The van der Waals surface area contributed by atoms with Crippen molar-refractivity contribution < 1.29 is 4.79 Å². The third-order valence-corrected chi connectivity index (χ3v) is 5.78. The number of carbonyl (C=O) groups excluding carboxylic acids is 1. The van der Waals surface area contributed by atoms with E-state index >= 15 is 0 Å². The van der Waals surface area contributed by atoms with Crippen LogP contribution in [0.4, 0.5) is 0 Å². The summed E-state index contributed by atoms with van der Waals surface area (Å²) >= 11 is 0. The summed E-state index contributed by atoms with van der Waals surface area (Å²) in [6.45, 7) is 10.0. The Bertz CT molecular complexity index is 691. The molecule has 1 saturated carbocycles. The molecule has 138 valence electrons. The summed E-state index contributed by atoms with van der Waals surface area (Å²) in [4.78, 5) is 30.0. The molecule has 1 aliphatic heterocycles. The molecule has 2 fully saturated rings. The number of hydrogen-bond donors (Lipinski definition) is 0. The molecule has 1 saturated heterocycles. The quantitative estimate of drug-likeness (QED) is 0.841. The maximum absolute atomic E-state index is 13.0. The minimum Gasteiger partial charge on any atom is -0.337 e. The summed E-state index contributed by atoms with van der Waals surface area (Å²) in [5.74, 6) is 1.24. The molecular weight excluding hydrogens is 314 g/mol. The van der Waals surface area contributed by atoms with Gasteiger partial charge in [0, 0.05) is 45.0 Å². The number of amides is 1. The second kappa shape index (κ2) is 7.32. The van der Waals surface area contributed by atoms with E-state index in [1.165, 1.54) is 12.8 Å². The van der Waals surface area contributed by atoms with Crippen LogP contribution in [0.2, 0.25) is 0 Å². The number of rotatable bonds is 4. The molecule has 1 aliphatic carbocycles. The summed E-state index contributed by atoms with van der Waals surface area (Å²) in [5, 5.41) is 0. The Morgan fingerprint density at radius 1 is 1.24 bits per heavy atom. The molecule has 25 heavy (non-hydrogen) atoms. The van der Waals surface area contributed by atoms with Crippen molar-refractivity contribution >= 4 is 5.91 Å². The summed E-state index contributed by atoms with van der Waals surface area (Å²) in [7, 11) is 1.73. The first-order valence-electron chi connectivity index (χ1n) is 9.58. The van der Waals surface area contributed by atoms with E-state index in [-0.39, 0.29) is 11.5 Å². The molecular formula is C20H31N3O2. The van der Waals surface area contributed by atoms with Crippen molar-refractivity contribution in [2.24, 2.45) is 18.9 Å². The highest BCUT2D eigenvalue weighted by Gasteiger charge is 2.34. The van der Waals surface area contributed by atoms with Gasteiger partial charge < -0.3 is 9.47 Å². The van der Waals surface area contributed by atoms with Gasteiger partial charge in [0.1, 0.15) is 5.56 Å². The first-order chi connectivity index (χ1) is 11.9. The minimum absolute atomic E-state index is 0.112. The lowest BCUT2D eigenvalue weighted by Gasteiger charge is -2.34. The van der Waals surface area contributed by atoms with E-state index in [9.17, 15) is 9.59 Å². The fourth-order valence-electron chi connectivity index (χ4n) is 3.80. The van der Waals surface area contributed by atoms with Crippen LogP contribution in [0.5, 0.6) is 0 Å². The number of aromatic nitrogens is 1. The lowest BCUT2D eigenvalue weighted by molar-refractivity contribution is 0.0702. The van der Waals surface area contributed by atoms with E-state index in [4.69, 9.17) is 0 Å². The highest BCUT2D eigenvalue weighted by molar-refractivity contribution is 5.94. The Labute approximate surface area is 150 Å². The van der Waals surface area contributed by atoms with Crippen molar-refractivity contribution in [2.75, 3.05) is 26.2 Å². The average Bonchev–Trinajstić information content (AvgIpc) is 3.39. The van der Waals surface area contributed by atoms with Gasteiger partial charge in [0.05, 0.1) is 0 Å². The molecule has 5 heteroatoms. The van der Waals surface area contributed by atoms with Crippen LogP contribution in [0, 0.1) is 18.8 Å². The molecule has 0 spiro atoms. The zero-order valence-electron chi connectivity index (χ0n) is 16.0. The van der Waals surface area contributed by atoms with Gasteiger partial charge in [0.15, 0.2) is 0 Å². The van der Waals surface area contributed by atoms with Crippen molar-refractivity contribution in [1.29, 1.82) is 0 Å². The molecule has 0 unspecified atom stereocenters. The predicted molar refractivity (Wildman–Crippen MR) is 99.9 cm³/mol. The lowest BCUT2D eigenvalue weighted by atomic mass is 10.0. The first kappa shape index (κ1) is 18.2. The number of carbonyl (C=O) groups is 1. The largest absolute Gasteiger partial charge is 0.337 e. The monoisotopic (exact) mass is 345 g/mol. The van der Waals surface area contributed by atoms with Gasteiger partial charge in [-0.15, -0.1) is 0 Å². The molecule has 5 nitrogen and oxygen atoms in total. The van der Waals surface area contributed by atoms with Crippen molar-refractivity contribution in [3.8, 4) is 0 Å². The van der Waals surface area contributed by atoms with Crippen LogP contribution >= 0.6 is 0 Å². The van der Waals surface area contributed by atoms with Crippen molar-refractivity contribution in [3.05, 3.63) is 33.7 Å². The van der Waals surface area contributed by atoms with Crippen molar-refractivity contribution in [2.45, 2.75) is 46.1 Å². The van der Waals surface area contributed by atoms with Crippen LogP contribution in [0.15, 0.2) is 16.9 Å². The fraction of sp³-hybridized carbons (Fsp3) is 0.700. The number of aryl methyl sites for hydroxylation is 1. The summed E-state index contributed by atoms with van der Waals surface area (Å²) < 4.78 is 1.56. The number of pyridine rings is 1. The molecule has 0 aromatic carbocycles. The maximum Gasteiger partial charge on any atom is 0.263 e. The van der Waals surface area contributed by atoms with Crippen LogP contribution in [0.25, 0.3) is 0 Å². The highest BCUT2D eigenvalue weighted by atomic mass is 16.2. The van der Waals surface area contributed by atoms with Gasteiger partial charge in [0.25, 0.3) is 11.5 Å². The zero-order chi connectivity index (χ0) is 18.1. The highest BCUT2D eigenvalue weighted by Crippen LogP contribution is 2.32. The maximum atomic E-state index is 13.0. The molecule has 0 bridgehead atoms. The molecule has 1 aromatic heterocycles. The SMILES string of the molecule is Cc1ccc(C(=O)N2CCCN(CC3CC3)[C@@H](C(C)C)C2)c(=O)n1C. The van der Waals surface area contributed by atoms with E-state index in [2.05, 4.69) is 18.7 Å². The van der Waals surface area contributed by atoms with Gasteiger partial charge in [-0.25, -0.2) is 0 Å². The summed E-state index contributed by atoms with van der Waals surface area (Å²) in [6.07, 6.45) is 3.68. The second-order valence-corrected chi connectivity index (χ2v) is 8.11. The zero-order valence-corrected chi connectivity index (χ0v) is 16.0. The van der Waals surface area contributed by atoms with E-state index in [1.807, 2.05) is 17.9 Å². The van der Waals surface area contributed by atoms with Crippen LogP contribution in [0.1, 0.15) is 49.2 Å².